The Bertz CT molecular complexity index is 730. The summed E-state index contributed by atoms with van der Waals surface area (Å²) in [7, 11) is 0. The van der Waals surface area contributed by atoms with Gasteiger partial charge in [0.15, 0.2) is 11.6 Å². The van der Waals surface area contributed by atoms with Crippen LogP contribution in [-0.2, 0) is 9.53 Å². The molecule has 1 aliphatic rings. The Kier molecular flexibility index (Phi) is 11.4. The number of halogens is 1. The fourth-order valence-electron chi connectivity index (χ4n) is 2.61. The van der Waals surface area contributed by atoms with E-state index >= 15 is 0 Å². The van der Waals surface area contributed by atoms with Gasteiger partial charge in [-0.2, -0.15) is 0 Å². The summed E-state index contributed by atoms with van der Waals surface area (Å²) in [5, 5.41) is 13.5. The van der Waals surface area contributed by atoms with E-state index in [9.17, 15) is 19.1 Å². The topological polar surface area (TPSA) is 139 Å². The Labute approximate surface area is 163 Å². The molecular weight excluding hydrogens is 369 g/mol. The Hall–Kier alpha value is -2.71. The minimum Gasteiger partial charge on any atom is -0.507 e. The molecule has 7 nitrogen and oxygen atoms in total. The van der Waals surface area contributed by atoms with Gasteiger partial charge in [-0.25, -0.2) is 9.18 Å². The molecule has 1 heterocycles. The third-order valence-corrected chi connectivity index (χ3v) is 3.94. The van der Waals surface area contributed by atoms with Crippen molar-refractivity contribution in [1.29, 1.82) is 0 Å². The summed E-state index contributed by atoms with van der Waals surface area (Å²) in [6.45, 7) is 2.70. The number of ketones is 1. The minimum atomic E-state index is -0.794. The third kappa shape index (κ3) is 7.13. The minimum absolute atomic E-state index is 0. The van der Waals surface area contributed by atoms with Crippen LogP contribution in [0.4, 0.5) is 10.1 Å². The summed E-state index contributed by atoms with van der Waals surface area (Å²) in [5.41, 5.74) is 1.33. The summed E-state index contributed by atoms with van der Waals surface area (Å²) in [5.74, 6) is -2.18. The molecule has 1 aliphatic heterocycles. The van der Waals surface area contributed by atoms with Gasteiger partial charge in [0, 0.05) is 31.1 Å². The first kappa shape index (κ1) is 25.3. The van der Waals surface area contributed by atoms with E-state index in [4.69, 9.17) is 4.74 Å². The lowest BCUT2D eigenvalue weighted by Gasteiger charge is -2.13. The van der Waals surface area contributed by atoms with Crippen molar-refractivity contribution in [3.63, 3.8) is 0 Å². The molecule has 0 aromatic heterocycles. The normalized spacial score (nSPS) is 18.1. The number of esters is 1. The highest BCUT2D eigenvalue weighted by Gasteiger charge is 2.18. The lowest BCUT2D eigenvalue weighted by Crippen LogP contribution is -2.10. The Morgan fingerprint density at radius 1 is 1.21 bits per heavy atom. The molecule has 0 fully saturated rings. The van der Waals surface area contributed by atoms with Crippen molar-refractivity contribution < 1.29 is 34.8 Å². The number of cyclic esters (lactones) is 1. The van der Waals surface area contributed by atoms with Crippen LogP contribution < -0.4 is 5.32 Å². The lowest BCUT2D eigenvalue weighted by atomic mass is 10.0. The van der Waals surface area contributed by atoms with E-state index in [-0.39, 0.29) is 41.7 Å². The van der Waals surface area contributed by atoms with Crippen molar-refractivity contribution in [3.05, 3.63) is 41.2 Å². The number of carbonyl (C=O) groups is 2. The van der Waals surface area contributed by atoms with Gasteiger partial charge >= 0.3 is 5.97 Å². The number of ether oxygens (including phenoxy) is 1. The second kappa shape index (κ2) is 12.6. The second-order valence-corrected chi connectivity index (χ2v) is 6.08. The first-order chi connectivity index (χ1) is 12.5. The molecule has 1 aromatic carbocycles. The van der Waals surface area contributed by atoms with Crippen LogP contribution in [-0.4, -0.2) is 41.0 Å². The van der Waals surface area contributed by atoms with Gasteiger partial charge in [0.05, 0.1) is 6.61 Å². The van der Waals surface area contributed by atoms with Gasteiger partial charge in [0.25, 0.3) is 0 Å². The first-order valence-corrected chi connectivity index (χ1v) is 8.86. The average Bonchev–Trinajstić information content (AvgIpc) is 2.61. The molecule has 0 amide bonds. The predicted molar refractivity (Wildman–Crippen MR) is 106 cm³/mol. The van der Waals surface area contributed by atoms with E-state index in [0.29, 0.717) is 24.1 Å². The molecule has 0 atom stereocenters. The molecule has 8 heteroatoms. The van der Waals surface area contributed by atoms with E-state index < -0.39 is 17.6 Å². The number of hydrogen-bond acceptors (Lipinski definition) is 5. The molecule has 0 saturated carbocycles. The molecule has 0 spiro atoms. The van der Waals surface area contributed by atoms with Crippen LogP contribution in [0.15, 0.2) is 30.1 Å². The lowest BCUT2D eigenvalue weighted by molar-refractivity contribution is -0.117. The van der Waals surface area contributed by atoms with Crippen LogP contribution in [0.1, 0.15) is 54.9 Å². The van der Waals surface area contributed by atoms with Gasteiger partial charge in [-0.1, -0.05) is 19.1 Å². The third-order valence-electron chi connectivity index (χ3n) is 3.94. The molecule has 2 rings (SSSR count). The number of rotatable bonds is 3. The van der Waals surface area contributed by atoms with E-state index in [0.717, 1.165) is 19.0 Å². The van der Waals surface area contributed by atoms with Gasteiger partial charge in [-0.15, -0.1) is 0 Å². The van der Waals surface area contributed by atoms with E-state index in [1.54, 1.807) is 18.2 Å². The number of Topliss-reactive ketones (excluding diaryl/α,β-unsaturated/α-hetero) is 1. The summed E-state index contributed by atoms with van der Waals surface area (Å²) in [6, 6.07) is 3.27. The maximum absolute atomic E-state index is 13.6. The summed E-state index contributed by atoms with van der Waals surface area (Å²) < 4.78 is 18.7. The number of aromatic hydroxyl groups is 1. The number of carbonyl (C=O) groups excluding carboxylic acids is 2. The van der Waals surface area contributed by atoms with Crippen molar-refractivity contribution >= 4 is 23.5 Å². The van der Waals surface area contributed by atoms with Crippen molar-refractivity contribution in [1.82, 2.24) is 0 Å². The van der Waals surface area contributed by atoms with E-state index in [1.807, 2.05) is 6.92 Å². The predicted octanol–water partition coefficient (Wildman–Crippen LogP) is 2.73. The maximum Gasteiger partial charge on any atom is 0.342 e. The molecule has 0 radical (unpaired) electrons. The number of hydrogen-bond donors (Lipinski definition) is 2. The van der Waals surface area contributed by atoms with Crippen LogP contribution in [0.3, 0.4) is 0 Å². The second-order valence-electron chi connectivity index (χ2n) is 6.08. The molecule has 6 N–H and O–H groups in total. The first-order valence-electron chi connectivity index (χ1n) is 8.86. The zero-order chi connectivity index (χ0) is 18.9. The van der Waals surface area contributed by atoms with Crippen molar-refractivity contribution in [3.8, 4) is 5.75 Å². The number of anilines is 1. The largest absolute Gasteiger partial charge is 0.507 e. The van der Waals surface area contributed by atoms with E-state index in [1.165, 1.54) is 6.07 Å². The highest BCUT2D eigenvalue weighted by Crippen LogP contribution is 2.29. The zero-order valence-electron chi connectivity index (χ0n) is 15.9. The molecule has 0 saturated heterocycles. The smallest absolute Gasteiger partial charge is 0.342 e. The van der Waals surface area contributed by atoms with Crippen molar-refractivity contribution in [2.45, 2.75) is 39.0 Å². The molecule has 156 valence electrons. The van der Waals surface area contributed by atoms with Crippen LogP contribution in [0.5, 0.6) is 5.75 Å². The van der Waals surface area contributed by atoms with Crippen LogP contribution >= 0.6 is 0 Å². The molecule has 0 aliphatic carbocycles. The van der Waals surface area contributed by atoms with Gasteiger partial charge in [-0.05, 0) is 37.0 Å². The molecule has 28 heavy (non-hydrogen) atoms. The number of phenolic OH excluding ortho intramolecular Hbond substituents is 1. The zero-order valence-corrected chi connectivity index (χ0v) is 15.9. The van der Waals surface area contributed by atoms with Crippen LogP contribution in [0.2, 0.25) is 0 Å². The summed E-state index contributed by atoms with van der Waals surface area (Å²) >= 11 is 0. The van der Waals surface area contributed by atoms with Gasteiger partial charge in [-0.3, -0.25) is 4.79 Å². The number of nitrogens with one attached hydrogen (secondary N) is 1. The Morgan fingerprint density at radius 3 is 2.68 bits per heavy atom. The van der Waals surface area contributed by atoms with Gasteiger partial charge in [0.2, 0.25) is 0 Å². The average molecular weight is 397 g/mol. The van der Waals surface area contributed by atoms with Gasteiger partial charge < -0.3 is 26.1 Å². The highest BCUT2D eigenvalue weighted by molar-refractivity contribution is 5.97. The maximum atomic E-state index is 13.6. The number of phenols is 1. The fourth-order valence-corrected chi connectivity index (χ4v) is 2.61. The summed E-state index contributed by atoms with van der Waals surface area (Å²) in [4.78, 5) is 24.0. The van der Waals surface area contributed by atoms with Crippen molar-refractivity contribution in [2.75, 3.05) is 18.5 Å². The SMILES string of the molecule is CCCNc1cc(O)c2c(c1)/C=C/CCCC(=O)/C(F)=C\CCOC2=O.O.O. The number of benzene rings is 1. The fraction of sp³-hybridized carbons (Fsp3) is 0.400. The number of fused-ring (bicyclic) bond motifs is 1. The quantitative estimate of drug-likeness (QED) is 0.755. The Morgan fingerprint density at radius 2 is 1.96 bits per heavy atom. The standard InChI is InChI=1S/C20H24FNO4.2H2O/c1-2-10-22-15-12-14-7-4-3-5-9-17(23)16(21)8-6-11-26-20(25)19(14)18(24)13-15;;/h4,7-8,12-13,22,24H,2-3,5-6,9-11H2,1H3;2*1H2/b7-4+,16-8+;;. The molecule has 1 aromatic rings. The van der Waals surface area contributed by atoms with E-state index in [2.05, 4.69) is 5.32 Å². The van der Waals surface area contributed by atoms with Crippen molar-refractivity contribution in [2.24, 2.45) is 0 Å². The highest BCUT2D eigenvalue weighted by atomic mass is 19.1. The van der Waals surface area contributed by atoms with Gasteiger partial charge in [0.1, 0.15) is 11.3 Å². The van der Waals surface area contributed by atoms with Crippen LogP contribution in [0, 0.1) is 0 Å². The number of allylic oxidation sites excluding steroid dienone is 2. The Balaban J connectivity index is 0.00000364. The van der Waals surface area contributed by atoms with Crippen LogP contribution in [0.25, 0.3) is 6.08 Å². The monoisotopic (exact) mass is 397 g/mol. The molecule has 0 unspecified atom stereocenters. The summed E-state index contributed by atoms with van der Waals surface area (Å²) in [6.07, 6.45) is 6.88. The molecular formula is C20H28FNO6. The molecule has 0 bridgehead atoms.